The van der Waals surface area contributed by atoms with Crippen LogP contribution in [0, 0.1) is 0 Å². The monoisotopic (exact) mass is 264 g/mol. The smallest absolute Gasteiger partial charge is 0.195 e. The Morgan fingerprint density at radius 2 is 2.11 bits per heavy atom. The zero-order valence-corrected chi connectivity index (χ0v) is 11.3. The molecule has 19 heavy (non-hydrogen) atoms. The average Bonchev–Trinajstić information content (AvgIpc) is 2.37. The van der Waals surface area contributed by atoms with Gasteiger partial charge in [0.05, 0.1) is 18.8 Å². The number of aliphatic hydroxyl groups excluding tert-OH is 1. The molecule has 1 aliphatic carbocycles. The lowest BCUT2D eigenvalue weighted by molar-refractivity contribution is -0.146. The van der Waals surface area contributed by atoms with E-state index < -0.39 is 17.5 Å². The number of carbonyl (C=O) groups is 1. The lowest BCUT2D eigenvalue weighted by Crippen LogP contribution is -2.52. The van der Waals surface area contributed by atoms with Gasteiger partial charge in [-0.05, 0) is 26.7 Å². The molecule has 2 rings (SSSR count). The second-order valence-corrected chi connectivity index (χ2v) is 5.24. The van der Waals surface area contributed by atoms with E-state index in [2.05, 4.69) is 0 Å². The minimum atomic E-state index is -1.68. The van der Waals surface area contributed by atoms with Crippen LogP contribution in [0.4, 0.5) is 0 Å². The lowest BCUT2D eigenvalue weighted by Gasteiger charge is -2.38. The maximum Gasteiger partial charge on any atom is 0.195 e. The van der Waals surface area contributed by atoms with Crippen molar-refractivity contribution in [1.82, 2.24) is 0 Å². The number of aliphatic hydroxyl groups is 2. The van der Waals surface area contributed by atoms with Crippen LogP contribution in [0.3, 0.4) is 0 Å². The minimum Gasteiger partial charge on any atom is -0.389 e. The van der Waals surface area contributed by atoms with E-state index in [1.165, 1.54) is 6.92 Å². The molecule has 0 bridgehead atoms. The van der Waals surface area contributed by atoms with Crippen molar-refractivity contribution in [3.8, 4) is 0 Å². The highest BCUT2D eigenvalue weighted by molar-refractivity contribution is 6.04. The fourth-order valence-corrected chi connectivity index (χ4v) is 2.46. The first-order chi connectivity index (χ1) is 8.96. The molecule has 0 saturated heterocycles. The number of ether oxygens (including phenoxy) is 1. The van der Waals surface area contributed by atoms with Gasteiger partial charge < -0.3 is 14.9 Å². The van der Waals surface area contributed by atoms with Gasteiger partial charge in [0.1, 0.15) is 0 Å². The van der Waals surface area contributed by atoms with E-state index in [0.717, 1.165) is 5.57 Å². The molecule has 0 fully saturated rings. The van der Waals surface area contributed by atoms with Crippen LogP contribution in [0.15, 0.2) is 35.5 Å². The van der Waals surface area contributed by atoms with Gasteiger partial charge in [0.15, 0.2) is 11.4 Å². The molecule has 0 saturated carbocycles. The standard InChI is InChI=1S/C15H20O4/c1-3-4-5-6-11-7-10-8-13(16)15(2,18)14(17)12(10)9-19-11/h3-6,11,13,16,18H,7-9H2,1-2H3/b4-3+,6-5+/t11-,13-,15+/m1/s1. The first-order valence-electron chi connectivity index (χ1n) is 6.54. The van der Waals surface area contributed by atoms with Gasteiger partial charge >= 0.3 is 0 Å². The molecule has 4 heteroatoms. The van der Waals surface area contributed by atoms with E-state index >= 15 is 0 Å². The highest BCUT2D eigenvalue weighted by Crippen LogP contribution is 2.35. The Labute approximate surface area is 113 Å². The van der Waals surface area contributed by atoms with Gasteiger partial charge in [-0.1, -0.05) is 29.9 Å². The number of ketones is 1. The summed E-state index contributed by atoms with van der Waals surface area (Å²) < 4.78 is 5.60. The Bertz CT molecular complexity index is 457. The summed E-state index contributed by atoms with van der Waals surface area (Å²) in [7, 11) is 0. The molecule has 1 heterocycles. The Kier molecular flexibility index (Phi) is 4.04. The molecule has 0 unspecified atom stereocenters. The van der Waals surface area contributed by atoms with E-state index in [1.54, 1.807) is 0 Å². The van der Waals surface area contributed by atoms with Gasteiger partial charge in [0.2, 0.25) is 0 Å². The molecular formula is C15H20O4. The summed E-state index contributed by atoms with van der Waals surface area (Å²) in [5.74, 6) is -0.405. The van der Waals surface area contributed by atoms with Crippen molar-refractivity contribution < 1.29 is 19.7 Å². The second-order valence-electron chi connectivity index (χ2n) is 5.24. The molecule has 0 radical (unpaired) electrons. The number of hydrogen-bond donors (Lipinski definition) is 2. The van der Waals surface area contributed by atoms with Crippen LogP contribution in [0.2, 0.25) is 0 Å². The molecule has 3 atom stereocenters. The van der Waals surface area contributed by atoms with Gasteiger partial charge in [-0.15, -0.1) is 0 Å². The number of Topliss-reactive ketones (excluding diaryl/α,β-unsaturated/α-hetero) is 1. The number of hydrogen-bond acceptors (Lipinski definition) is 4. The minimum absolute atomic E-state index is 0.0713. The molecule has 2 aliphatic rings. The highest BCUT2D eigenvalue weighted by atomic mass is 16.5. The van der Waals surface area contributed by atoms with Crippen molar-refractivity contribution in [2.75, 3.05) is 6.61 Å². The molecule has 1 aliphatic heterocycles. The van der Waals surface area contributed by atoms with Gasteiger partial charge in [-0.25, -0.2) is 0 Å². The molecule has 0 aromatic heterocycles. The van der Waals surface area contributed by atoms with E-state index in [4.69, 9.17) is 4.74 Å². The maximum absolute atomic E-state index is 12.1. The quantitative estimate of drug-likeness (QED) is 0.738. The van der Waals surface area contributed by atoms with Gasteiger partial charge in [0, 0.05) is 5.57 Å². The predicted molar refractivity (Wildman–Crippen MR) is 71.6 cm³/mol. The van der Waals surface area contributed by atoms with Crippen LogP contribution in [0.25, 0.3) is 0 Å². The van der Waals surface area contributed by atoms with Crippen molar-refractivity contribution in [3.05, 3.63) is 35.5 Å². The molecule has 4 nitrogen and oxygen atoms in total. The Hall–Kier alpha value is -1.23. The van der Waals surface area contributed by atoms with E-state index in [1.807, 2.05) is 31.2 Å². The molecular weight excluding hydrogens is 244 g/mol. The summed E-state index contributed by atoms with van der Waals surface area (Å²) in [6.07, 6.45) is 7.53. The Balaban J connectivity index is 2.16. The van der Waals surface area contributed by atoms with Crippen molar-refractivity contribution in [2.24, 2.45) is 0 Å². The molecule has 0 aromatic rings. The normalized spacial score (nSPS) is 36.3. The molecule has 2 N–H and O–H groups in total. The van der Waals surface area contributed by atoms with Crippen molar-refractivity contribution in [1.29, 1.82) is 0 Å². The summed E-state index contributed by atoms with van der Waals surface area (Å²) in [6, 6.07) is 0. The van der Waals surface area contributed by atoms with Crippen LogP contribution >= 0.6 is 0 Å². The first kappa shape index (κ1) is 14.2. The summed E-state index contributed by atoms with van der Waals surface area (Å²) in [5.41, 5.74) is -0.244. The summed E-state index contributed by atoms with van der Waals surface area (Å²) in [6.45, 7) is 3.51. The topological polar surface area (TPSA) is 66.8 Å². The number of rotatable bonds is 2. The lowest BCUT2D eigenvalue weighted by atomic mass is 9.76. The third-order valence-electron chi connectivity index (χ3n) is 3.77. The zero-order valence-electron chi connectivity index (χ0n) is 11.3. The largest absolute Gasteiger partial charge is 0.389 e. The fraction of sp³-hybridized carbons (Fsp3) is 0.533. The van der Waals surface area contributed by atoms with Crippen LogP contribution in [-0.2, 0) is 9.53 Å². The maximum atomic E-state index is 12.1. The van der Waals surface area contributed by atoms with Crippen molar-refractivity contribution >= 4 is 5.78 Å². The number of carbonyl (C=O) groups excluding carboxylic acids is 1. The van der Waals surface area contributed by atoms with Gasteiger partial charge in [-0.3, -0.25) is 4.79 Å². The van der Waals surface area contributed by atoms with E-state index in [-0.39, 0.29) is 12.7 Å². The second kappa shape index (κ2) is 5.41. The van der Waals surface area contributed by atoms with Gasteiger partial charge in [-0.2, -0.15) is 0 Å². The summed E-state index contributed by atoms with van der Waals surface area (Å²) in [4.78, 5) is 12.1. The Morgan fingerprint density at radius 3 is 2.79 bits per heavy atom. The number of allylic oxidation sites excluding steroid dienone is 3. The zero-order chi connectivity index (χ0) is 14.0. The third kappa shape index (κ3) is 2.71. The molecule has 104 valence electrons. The van der Waals surface area contributed by atoms with Crippen molar-refractivity contribution in [2.45, 2.75) is 44.5 Å². The third-order valence-corrected chi connectivity index (χ3v) is 3.77. The summed E-state index contributed by atoms with van der Waals surface area (Å²) >= 11 is 0. The predicted octanol–water partition coefficient (Wildman–Crippen LogP) is 1.29. The van der Waals surface area contributed by atoms with E-state index in [0.29, 0.717) is 18.4 Å². The molecule has 0 spiro atoms. The SMILES string of the molecule is C/C=C/C=C/[C@@H]1CC2=C(CO1)C(=O)[C@@](C)(O)[C@H](O)C2. The molecule has 0 amide bonds. The molecule has 0 aromatic carbocycles. The fourth-order valence-electron chi connectivity index (χ4n) is 2.46. The van der Waals surface area contributed by atoms with Crippen LogP contribution in [-0.4, -0.2) is 40.4 Å². The highest BCUT2D eigenvalue weighted by Gasteiger charge is 2.46. The first-order valence-corrected chi connectivity index (χ1v) is 6.54. The van der Waals surface area contributed by atoms with E-state index in [9.17, 15) is 15.0 Å². The summed E-state index contributed by atoms with van der Waals surface area (Å²) in [5, 5.41) is 19.8. The average molecular weight is 264 g/mol. The van der Waals surface area contributed by atoms with Crippen molar-refractivity contribution in [3.63, 3.8) is 0 Å². The van der Waals surface area contributed by atoms with Crippen LogP contribution in [0.5, 0.6) is 0 Å². The van der Waals surface area contributed by atoms with Gasteiger partial charge in [0.25, 0.3) is 0 Å². The Morgan fingerprint density at radius 1 is 1.37 bits per heavy atom. The van der Waals surface area contributed by atoms with Crippen LogP contribution in [0.1, 0.15) is 26.7 Å². The van der Waals surface area contributed by atoms with Crippen LogP contribution < -0.4 is 0 Å².